The number of amides is 2. The van der Waals surface area contributed by atoms with Crippen molar-refractivity contribution in [1.29, 1.82) is 0 Å². The van der Waals surface area contributed by atoms with Crippen molar-refractivity contribution in [3.8, 4) is 5.75 Å². The smallest absolute Gasteiger partial charge is 0.243 e. The minimum Gasteiger partial charge on any atom is -0.493 e. The summed E-state index contributed by atoms with van der Waals surface area (Å²) in [5.74, 6) is 0.113. The highest BCUT2D eigenvalue weighted by molar-refractivity contribution is 6.33. The zero-order valence-electron chi connectivity index (χ0n) is 12.4. The predicted octanol–water partition coefficient (Wildman–Crippen LogP) is 2.86. The summed E-state index contributed by atoms with van der Waals surface area (Å²) in [5, 5.41) is 5.61. The lowest BCUT2D eigenvalue weighted by Gasteiger charge is -2.09. The first-order valence-electron chi connectivity index (χ1n) is 7.14. The van der Waals surface area contributed by atoms with E-state index in [9.17, 15) is 9.59 Å². The third-order valence-electron chi connectivity index (χ3n) is 2.94. The molecule has 5 nitrogen and oxygen atoms in total. The van der Waals surface area contributed by atoms with E-state index in [1.807, 2.05) is 30.3 Å². The molecule has 0 saturated carbocycles. The maximum atomic E-state index is 11.7. The number of halogens is 1. The molecule has 0 aliphatic rings. The topological polar surface area (TPSA) is 67.4 Å². The Morgan fingerprint density at radius 1 is 0.957 bits per heavy atom. The van der Waals surface area contributed by atoms with Gasteiger partial charge in [0.2, 0.25) is 11.8 Å². The SMILES string of the molecule is O=C(CCOc1ccccc1)NCC(=O)Nc1ccccc1Cl. The van der Waals surface area contributed by atoms with E-state index in [0.29, 0.717) is 16.5 Å². The predicted molar refractivity (Wildman–Crippen MR) is 89.6 cm³/mol. The van der Waals surface area contributed by atoms with Crippen LogP contribution in [0.15, 0.2) is 54.6 Å². The fourth-order valence-electron chi connectivity index (χ4n) is 1.80. The molecule has 6 heteroatoms. The van der Waals surface area contributed by atoms with Crippen LogP contribution in [0.2, 0.25) is 5.02 Å². The van der Waals surface area contributed by atoms with Gasteiger partial charge in [-0.15, -0.1) is 0 Å². The van der Waals surface area contributed by atoms with E-state index in [-0.39, 0.29) is 31.4 Å². The van der Waals surface area contributed by atoms with E-state index in [1.54, 1.807) is 24.3 Å². The number of anilines is 1. The van der Waals surface area contributed by atoms with Gasteiger partial charge in [0.25, 0.3) is 0 Å². The van der Waals surface area contributed by atoms with Gasteiger partial charge in [-0.1, -0.05) is 41.9 Å². The highest BCUT2D eigenvalue weighted by Gasteiger charge is 2.07. The lowest BCUT2D eigenvalue weighted by atomic mass is 10.3. The molecule has 0 aromatic heterocycles. The van der Waals surface area contributed by atoms with Gasteiger partial charge in [0.15, 0.2) is 0 Å². The molecule has 2 amide bonds. The van der Waals surface area contributed by atoms with Gasteiger partial charge in [0, 0.05) is 0 Å². The molecule has 2 N–H and O–H groups in total. The number of ether oxygens (including phenoxy) is 1. The van der Waals surface area contributed by atoms with Crippen molar-refractivity contribution in [2.24, 2.45) is 0 Å². The molecule has 0 aliphatic heterocycles. The standard InChI is InChI=1S/C17H17ClN2O3/c18-14-8-4-5-9-15(14)20-17(22)12-19-16(21)10-11-23-13-6-2-1-3-7-13/h1-9H,10-12H2,(H,19,21)(H,20,22). The number of benzene rings is 2. The van der Waals surface area contributed by atoms with Gasteiger partial charge in [-0.2, -0.15) is 0 Å². The Bertz CT molecular complexity index is 662. The van der Waals surface area contributed by atoms with Gasteiger partial charge in [-0.25, -0.2) is 0 Å². The van der Waals surface area contributed by atoms with Crippen LogP contribution < -0.4 is 15.4 Å². The van der Waals surface area contributed by atoms with Crippen LogP contribution >= 0.6 is 11.6 Å². The second-order valence-corrected chi connectivity index (χ2v) is 5.12. The molecule has 2 rings (SSSR count). The van der Waals surface area contributed by atoms with E-state index in [2.05, 4.69) is 10.6 Å². The van der Waals surface area contributed by atoms with Gasteiger partial charge in [0.1, 0.15) is 5.75 Å². The minimum absolute atomic E-state index is 0.116. The summed E-state index contributed by atoms with van der Waals surface area (Å²) in [6, 6.07) is 16.1. The minimum atomic E-state index is -0.338. The Morgan fingerprint density at radius 2 is 1.65 bits per heavy atom. The average molecular weight is 333 g/mol. The first-order chi connectivity index (χ1) is 11.1. The Kier molecular flexibility index (Phi) is 6.44. The van der Waals surface area contributed by atoms with Crippen LogP contribution in [0.25, 0.3) is 0 Å². The fourth-order valence-corrected chi connectivity index (χ4v) is 1.99. The van der Waals surface area contributed by atoms with Gasteiger partial charge in [-0.05, 0) is 24.3 Å². The molecule has 2 aromatic rings. The first kappa shape index (κ1) is 16.8. The third-order valence-corrected chi connectivity index (χ3v) is 3.26. The third kappa shape index (κ3) is 6.00. The summed E-state index contributed by atoms with van der Waals surface area (Å²) in [5.41, 5.74) is 0.515. The summed E-state index contributed by atoms with van der Waals surface area (Å²) in [4.78, 5) is 23.4. The maximum absolute atomic E-state index is 11.7. The van der Waals surface area contributed by atoms with Crippen molar-refractivity contribution in [1.82, 2.24) is 5.32 Å². The summed E-state index contributed by atoms with van der Waals surface area (Å²) < 4.78 is 5.42. The number of carbonyl (C=O) groups is 2. The number of hydrogen-bond acceptors (Lipinski definition) is 3. The maximum Gasteiger partial charge on any atom is 0.243 e. The van der Waals surface area contributed by atoms with Crippen molar-refractivity contribution in [2.45, 2.75) is 6.42 Å². The van der Waals surface area contributed by atoms with E-state index >= 15 is 0 Å². The number of hydrogen-bond donors (Lipinski definition) is 2. The van der Waals surface area contributed by atoms with Crippen LogP contribution in [0.4, 0.5) is 5.69 Å². The van der Waals surface area contributed by atoms with Crippen molar-refractivity contribution >= 4 is 29.1 Å². The fraction of sp³-hybridized carbons (Fsp3) is 0.176. The van der Waals surface area contributed by atoms with Gasteiger partial charge in [-0.3, -0.25) is 9.59 Å². The molecule has 0 spiro atoms. The number of nitrogens with one attached hydrogen (secondary N) is 2. The summed E-state index contributed by atoms with van der Waals surface area (Å²) in [7, 11) is 0. The highest BCUT2D eigenvalue weighted by atomic mass is 35.5. The molecule has 0 heterocycles. The molecule has 0 fully saturated rings. The van der Waals surface area contributed by atoms with Crippen LogP contribution in [0.5, 0.6) is 5.75 Å². The number of carbonyl (C=O) groups excluding carboxylic acids is 2. The second-order valence-electron chi connectivity index (χ2n) is 4.72. The molecule has 120 valence electrons. The molecule has 0 aliphatic carbocycles. The lowest BCUT2D eigenvalue weighted by Crippen LogP contribution is -2.33. The summed E-state index contributed by atoms with van der Waals surface area (Å²) in [6.07, 6.45) is 0.175. The average Bonchev–Trinajstić information content (AvgIpc) is 2.56. The Balaban J connectivity index is 1.66. The largest absolute Gasteiger partial charge is 0.493 e. The molecule has 0 unspecified atom stereocenters. The summed E-state index contributed by atoms with van der Waals surface area (Å²) >= 11 is 5.94. The second kappa shape index (κ2) is 8.80. The number of rotatable bonds is 7. The van der Waals surface area contributed by atoms with Gasteiger partial charge >= 0.3 is 0 Å². The Morgan fingerprint density at radius 3 is 2.39 bits per heavy atom. The van der Waals surface area contributed by atoms with E-state index < -0.39 is 0 Å². The van der Waals surface area contributed by atoms with Crippen LogP contribution in [0, 0.1) is 0 Å². The van der Waals surface area contributed by atoms with Gasteiger partial charge in [0.05, 0.1) is 30.3 Å². The quantitative estimate of drug-likeness (QED) is 0.819. The molecule has 0 atom stereocenters. The van der Waals surface area contributed by atoms with Crippen molar-refractivity contribution in [3.05, 3.63) is 59.6 Å². The lowest BCUT2D eigenvalue weighted by molar-refractivity contribution is -0.124. The van der Waals surface area contributed by atoms with Crippen molar-refractivity contribution in [2.75, 3.05) is 18.5 Å². The van der Waals surface area contributed by atoms with E-state index in [1.165, 1.54) is 0 Å². The van der Waals surface area contributed by atoms with Crippen LogP contribution in [0.1, 0.15) is 6.42 Å². The van der Waals surface area contributed by atoms with Crippen LogP contribution in [-0.4, -0.2) is 25.0 Å². The molecule has 0 saturated heterocycles. The molecule has 23 heavy (non-hydrogen) atoms. The molecule has 0 radical (unpaired) electrons. The zero-order chi connectivity index (χ0) is 16.5. The van der Waals surface area contributed by atoms with E-state index in [0.717, 1.165) is 0 Å². The highest BCUT2D eigenvalue weighted by Crippen LogP contribution is 2.19. The molecule has 0 bridgehead atoms. The zero-order valence-corrected chi connectivity index (χ0v) is 13.2. The van der Waals surface area contributed by atoms with Gasteiger partial charge < -0.3 is 15.4 Å². The molecule has 2 aromatic carbocycles. The summed E-state index contributed by atoms with van der Waals surface area (Å²) in [6.45, 7) is 0.136. The molecular weight excluding hydrogens is 316 g/mol. The normalized spacial score (nSPS) is 9.96. The number of para-hydroxylation sites is 2. The van der Waals surface area contributed by atoms with Crippen LogP contribution in [-0.2, 0) is 9.59 Å². The van der Waals surface area contributed by atoms with Crippen LogP contribution in [0.3, 0.4) is 0 Å². The Hall–Kier alpha value is -2.53. The van der Waals surface area contributed by atoms with Crippen molar-refractivity contribution < 1.29 is 14.3 Å². The monoisotopic (exact) mass is 332 g/mol. The first-order valence-corrected chi connectivity index (χ1v) is 7.52. The molecular formula is C17H17ClN2O3. The van der Waals surface area contributed by atoms with E-state index in [4.69, 9.17) is 16.3 Å². The Labute approximate surface area is 139 Å². The van der Waals surface area contributed by atoms with Crippen molar-refractivity contribution in [3.63, 3.8) is 0 Å².